The molecule has 0 unspecified atom stereocenters. The number of hydrogen-bond acceptors (Lipinski definition) is 6. The molecule has 0 fully saturated rings. The van der Waals surface area contributed by atoms with E-state index in [0.717, 1.165) is 5.52 Å². The zero-order chi connectivity index (χ0) is 19.1. The Labute approximate surface area is 153 Å². The van der Waals surface area contributed by atoms with Crippen molar-refractivity contribution >= 4 is 32.6 Å². The monoisotopic (exact) mass is 367 g/mol. The fourth-order valence-corrected chi connectivity index (χ4v) is 3.64. The Kier molecular flexibility index (Phi) is 4.21. The van der Waals surface area contributed by atoms with Crippen molar-refractivity contribution in [3.63, 3.8) is 0 Å². The molecular weight excluding hydrogens is 346 g/mol. The molecule has 140 valence electrons. The van der Waals surface area contributed by atoms with E-state index in [9.17, 15) is 15.0 Å². The van der Waals surface area contributed by atoms with Crippen LogP contribution in [0.2, 0.25) is 0 Å². The predicted octanol–water partition coefficient (Wildman–Crippen LogP) is 0.564. The van der Waals surface area contributed by atoms with Gasteiger partial charge in [0.05, 0.1) is 45.6 Å². The van der Waals surface area contributed by atoms with Crippen molar-refractivity contribution < 1.29 is 10.2 Å². The van der Waals surface area contributed by atoms with Gasteiger partial charge in [-0.05, 0) is 31.3 Å². The van der Waals surface area contributed by atoms with Crippen molar-refractivity contribution in [1.29, 1.82) is 0 Å². The molecule has 3 aromatic carbocycles. The molecule has 0 aliphatic heterocycles. The summed E-state index contributed by atoms with van der Waals surface area (Å²) >= 11 is 0. The Morgan fingerprint density at radius 2 is 1.96 bits per heavy atom. The molecule has 8 heteroatoms. The van der Waals surface area contributed by atoms with Gasteiger partial charge in [0.2, 0.25) is 0 Å². The van der Waals surface area contributed by atoms with Crippen molar-refractivity contribution in [1.82, 2.24) is 15.1 Å². The summed E-state index contributed by atoms with van der Waals surface area (Å²) < 4.78 is 1.84. The van der Waals surface area contributed by atoms with E-state index in [2.05, 4.69) is 15.4 Å². The number of aromatic nitrogens is 2. The van der Waals surface area contributed by atoms with Crippen LogP contribution in [0, 0.1) is 0 Å². The summed E-state index contributed by atoms with van der Waals surface area (Å²) in [5.74, 6) is -0.286. The normalized spacial score (nSPS) is 12.7. The van der Waals surface area contributed by atoms with Crippen LogP contribution in [-0.2, 0) is 6.54 Å². The van der Waals surface area contributed by atoms with E-state index in [0.29, 0.717) is 47.8 Å². The Morgan fingerprint density at radius 3 is 2.70 bits per heavy atom. The van der Waals surface area contributed by atoms with E-state index in [1.54, 1.807) is 0 Å². The van der Waals surface area contributed by atoms with Crippen molar-refractivity contribution in [3.05, 3.63) is 39.8 Å². The van der Waals surface area contributed by atoms with Crippen LogP contribution in [0.3, 0.4) is 0 Å². The average molecular weight is 367 g/mol. The summed E-state index contributed by atoms with van der Waals surface area (Å²) in [6, 6.07) is 6.33. The number of likely N-dealkylation sites (N-methyl/N-ethyl adjacent to an activating group) is 1. The minimum atomic E-state index is -0.277. The molecule has 0 aliphatic carbocycles. The lowest BCUT2D eigenvalue weighted by Crippen LogP contribution is -2.14. The van der Waals surface area contributed by atoms with E-state index in [4.69, 9.17) is 5.73 Å². The van der Waals surface area contributed by atoms with Gasteiger partial charge in [0.15, 0.2) is 5.43 Å². The van der Waals surface area contributed by atoms with Crippen LogP contribution in [0.1, 0.15) is 0 Å². The number of aromatic hydroxyl groups is 2. The summed E-state index contributed by atoms with van der Waals surface area (Å²) in [5.41, 5.74) is 6.82. The van der Waals surface area contributed by atoms with Crippen LogP contribution in [0.25, 0.3) is 32.6 Å². The number of benzene rings is 3. The quantitative estimate of drug-likeness (QED) is 0.260. The lowest BCUT2D eigenvalue weighted by atomic mass is 9.99. The molecule has 0 radical (unpaired) electrons. The zero-order valence-electron chi connectivity index (χ0n) is 14.9. The number of hydrogen-bond donors (Lipinski definition) is 5. The first-order valence-electron chi connectivity index (χ1n) is 8.79. The van der Waals surface area contributed by atoms with E-state index >= 15 is 0 Å². The second-order valence-electron chi connectivity index (χ2n) is 6.45. The highest BCUT2D eigenvalue weighted by Crippen LogP contribution is 2.41. The maximum atomic E-state index is 12.6. The topological polar surface area (TPSA) is 129 Å². The smallest absolute Gasteiger partial charge is 0.189 e. The second-order valence-corrected chi connectivity index (χ2v) is 6.45. The average Bonchev–Trinajstić information content (AvgIpc) is 3.01. The maximum absolute atomic E-state index is 12.6. The lowest BCUT2D eigenvalue weighted by Gasteiger charge is -2.08. The predicted molar refractivity (Wildman–Crippen MR) is 105 cm³/mol. The second kappa shape index (κ2) is 6.57. The molecule has 8 nitrogen and oxygen atoms in total. The third kappa shape index (κ3) is 2.53. The van der Waals surface area contributed by atoms with Gasteiger partial charge in [0.25, 0.3) is 0 Å². The fraction of sp³-hybridized carbons (Fsp3) is 0.263. The number of nitrogens with zero attached hydrogens (tertiary/aromatic N) is 2. The molecule has 1 aromatic heterocycles. The van der Waals surface area contributed by atoms with E-state index in [1.807, 2.05) is 23.9 Å². The zero-order valence-corrected chi connectivity index (χ0v) is 14.9. The van der Waals surface area contributed by atoms with Crippen molar-refractivity contribution in [2.75, 3.05) is 26.7 Å². The first-order valence-corrected chi connectivity index (χ1v) is 8.79. The standard InChI is InChI=1S/C19H21N5O3/c1-21-7-8-22-10-2-3-11-15-14(10)19(27)17-13(26)5-4-12(25)16(17)18(15)23-24(11)9-6-20/h2-5,21,23,26-27H,6-9,20H2,1H3. The molecular formula is C19H21N5O3. The molecule has 0 spiro atoms. The number of phenolic OH excluding ortho intramolecular Hbond substituents is 2. The molecule has 0 bridgehead atoms. The fourth-order valence-electron chi connectivity index (χ4n) is 3.64. The van der Waals surface area contributed by atoms with Crippen molar-refractivity contribution in [2.45, 2.75) is 6.54 Å². The molecule has 0 saturated carbocycles. The lowest BCUT2D eigenvalue weighted by molar-refractivity contribution is 0.467. The molecule has 0 atom stereocenters. The minimum absolute atomic E-state index is 0.134. The number of phenols is 2. The molecule has 0 aliphatic rings. The van der Waals surface area contributed by atoms with Crippen LogP contribution >= 0.6 is 0 Å². The summed E-state index contributed by atoms with van der Waals surface area (Å²) in [5, 5.41) is 29.8. The molecule has 0 amide bonds. The Morgan fingerprint density at radius 1 is 1.15 bits per heavy atom. The Balaban J connectivity index is 2.26. The first-order chi connectivity index (χ1) is 13.1. The molecule has 1 heterocycles. The van der Waals surface area contributed by atoms with Gasteiger partial charge in [-0.15, -0.1) is 0 Å². The van der Waals surface area contributed by atoms with Gasteiger partial charge in [-0.3, -0.25) is 19.6 Å². The number of H-pyrrole nitrogens is 1. The number of nitrogens with one attached hydrogen (secondary N) is 2. The highest BCUT2D eigenvalue weighted by Gasteiger charge is 2.21. The Hall–Kier alpha value is -3.10. The summed E-state index contributed by atoms with van der Waals surface area (Å²) in [6.45, 7) is 2.16. The largest absolute Gasteiger partial charge is 0.507 e. The number of rotatable bonds is 5. The van der Waals surface area contributed by atoms with Crippen LogP contribution in [0.5, 0.6) is 11.5 Å². The molecule has 27 heavy (non-hydrogen) atoms. The number of fused-ring (bicyclic) bond motifs is 2. The van der Waals surface area contributed by atoms with E-state index in [-0.39, 0.29) is 27.7 Å². The van der Waals surface area contributed by atoms with Crippen molar-refractivity contribution in [3.8, 4) is 11.5 Å². The van der Waals surface area contributed by atoms with Gasteiger partial charge in [-0.25, -0.2) is 0 Å². The first kappa shape index (κ1) is 17.3. The highest BCUT2D eigenvalue weighted by atomic mass is 16.3. The summed E-state index contributed by atoms with van der Waals surface area (Å²) in [7, 11) is 1.84. The Bertz CT molecular complexity index is 1270. The van der Waals surface area contributed by atoms with Gasteiger partial charge in [-0.1, -0.05) is 0 Å². The van der Waals surface area contributed by atoms with Crippen molar-refractivity contribution in [2.24, 2.45) is 10.7 Å². The summed E-state index contributed by atoms with van der Waals surface area (Å²) in [6.07, 6.45) is 0. The molecule has 4 rings (SSSR count). The van der Waals surface area contributed by atoms with Gasteiger partial charge in [0.1, 0.15) is 11.5 Å². The van der Waals surface area contributed by atoms with E-state index in [1.165, 1.54) is 12.1 Å². The third-order valence-electron chi connectivity index (χ3n) is 4.81. The molecule has 6 N–H and O–H groups in total. The number of aromatic amines is 1. The van der Waals surface area contributed by atoms with Gasteiger partial charge in [0, 0.05) is 18.5 Å². The maximum Gasteiger partial charge on any atom is 0.189 e. The van der Waals surface area contributed by atoms with Crippen LogP contribution in [0.4, 0.5) is 0 Å². The van der Waals surface area contributed by atoms with Gasteiger partial charge in [-0.2, -0.15) is 0 Å². The summed E-state index contributed by atoms with van der Waals surface area (Å²) in [4.78, 5) is 17.1. The van der Waals surface area contributed by atoms with Crippen LogP contribution in [0.15, 0.2) is 34.1 Å². The highest BCUT2D eigenvalue weighted by molar-refractivity contribution is 6.23. The van der Waals surface area contributed by atoms with Crippen LogP contribution in [-0.4, -0.2) is 46.7 Å². The van der Waals surface area contributed by atoms with Gasteiger partial charge >= 0.3 is 0 Å². The number of nitrogens with two attached hydrogens (primary N) is 1. The van der Waals surface area contributed by atoms with E-state index < -0.39 is 0 Å². The van der Waals surface area contributed by atoms with Gasteiger partial charge < -0.3 is 21.3 Å². The third-order valence-corrected chi connectivity index (χ3v) is 4.81. The molecule has 0 saturated heterocycles. The minimum Gasteiger partial charge on any atom is -0.507 e. The SMILES string of the molecule is CNCCN=c1ccc2c3c1c(O)c1c(O)ccc(=O)c1c3[nH]n2CCN. The molecule has 4 aromatic rings. The van der Waals surface area contributed by atoms with Crippen LogP contribution < -0.4 is 21.8 Å².